The summed E-state index contributed by atoms with van der Waals surface area (Å²) < 4.78 is 0.799. The van der Waals surface area contributed by atoms with E-state index < -0.39 is 0 Å². The minimum atomic E-state index is 0.0464. The van der Waals surface area contributed by atoms with E-state index in [1.807, 2.05) is 42.2 Å². The number of rotatable bonds is 8. The molecule has 0 aliphatic heterocycles. The third kappa shape index (κ3) is 5.15. The molecule has 4 rings (SSSR count). The molecule has 1 aromatic carbocycles. The number of hydrogen-bond donors (Lipinski definition) is 1. The van der Waals surface area contributed by atoms with Gasteiger partial charge in [-0.2, -0.15) is 0 Å². The molecule has 1 aliphatic rings. The summed E-state index contributed by atoms with van der Waals surface area (Å²) >= 11 is 4.59. The molecule has 0 radical (unpaired) electrons. The van der Waals surface area contributed by atoms with Crippen LogP contribution >= 0.6 is 34.4 Å². The summed E-state index contributed by atoms with van der Waals surface area (Å²) in [6.07, 6.45) is 4.49. The highest BCUT2D eigenvalue weighted by molar-refractivity contribution is 8.01. The Morgan fingerprint density at radius 3 is 2.79 bits per heavy atom. The third-order valence-corrected chi connectivity index (χ3v) is 7.78. The van der Waals surface area contributed by atoms with Crippen molar-refractivity contribution in [2.24, 2.45) is 0 Å². The Morgan fingerprint density at radius 2 is 2.00 bits per heavy atom. The summed E-state index contributed by atoms with van der Waals surface area (Å²) in [5.74, 6) is 0.364. The predicted molar refractivity (Wildman–Crippen MR) is 121 cm³/mol. The number of thiazole rings is 1. The van der Waals surface area contributed by atoms with Crippen LogP contribution in [0.1, 0.15) is 35.9 Å². The van der Waals surface area contributed by atoms with E-state index in [1.54, 1.807) is 11.3 Å². The molecular formula is C20H23N5OS3. The second-order valence-electron chi connectivity index (χ2n) is 6.73. The molecule has 1 N–H and O–H groups in total. The number of nitrogens with zero attached hydrogens (tertiary/aromatic N) is 4. The quantitative estimate of drug-likeness (QED) is 0.510. The molecule has 0 unspecified atom stereocenters. The van der Waals surface area contributed by atoms with E-state index in [2.05, 4.69) is 15.5 Å². The van der Waals surface area contributed by atoms with Crippen molar-refractivity contribution in [3.05, 3.63) is 46.5 Å². The van der Waals surface area contributed by atoms with Crippen molar-refractivity contribution >= 4 is 50.6 Å². The van der Waals surface area contributed by atoms with Gasteiger partial charge in [0, 0.05) is 11.4 Å². The average molecular weight is 446 g/mol. The lowest BCUT2D eigenvalue weighted by Gasteiger charge is -2.19. The van der Waals surface area contributed by atoms with Crippen molar-refractivity contribution in [3.8, 4) is 0 Å². The van der Waals surface area contributed by atoms with E-state index in [-0.39, 0.29) is 5.91 Å². The number of fused-ring (bicyclic) bond motifs is 1. The van der Waals surface area contributed by atoms with Gasteiger partial charge in [-0.25, -0.2) is 4.98 Å². The molecule has 6 nitrogen and oxygen atoms in total. The van der Waals surface area contributed by atoms with Gasteiger partial charge in [-0.1, -0.05) is 53.4 Å². The first-order valence-corrected chi connectivity index (χ1v) is 12.4. The highest BCUT2D eigenvalue weighted by Gasteiger charge is 2.24. The Hall–Kier alpha value is -1.97. The van der Waals surface area contributed by atoms with Crippen molar-refractivity contribution in [1.82, 2.24) is 15.2 Å². The van der Waals surface area contributed by atoms with E-state index >= 15 is 0 Å². The highest BCUT2D eigenvalue weighted by atomic mass is 32.2. The van der Waals surface area contributed by atoms with E-state index in [4.69, 9.17) is 4.98 Å². The van der Waals surface area contributed by atoms with Crippen LogP contribution < -0.4 is 10.2 Å². The van der Waals surface area contributed by atoms with Gasteiger partial charge in [-0.05, 0) is 38.2 Å². The summed E-state index contributed by atoms with van der Waals surface area (Å²) in [5.41, 5.74) is 2.28. The topological polar surface area (TPSA) is 71.0 Å². The Kier molecular flexibility index (Phi) is 6.78. The standard InChI is InChI=1S/C20H23N5OS3/c1-2-21-18-23-24-20(29-18)27-13-17(26)25(12-14-8-4-3-5-9-14)19-22-15-10-6-7-11-16(15)28-19/h3-5,8-9H,2,6-7,10-13H2,1H3,(H,21,23). The smallest absolute Gasteiger partial charge is 0.239 e. The molecule has 1 aliphatic carbocycles. The number of hydrogen-bond acceptors (Lipinski definition) is 8. The van der Waals surface area contributed by atoms with Crippen LogP contribution in [0.2, 0.25) is 0 Å². The van der Waals surface area contributed by atoms with Gasteiger partial charge in [0.2, 0.25) is 11.0 Å². The third-order valence-electron chi connectivity index (χ3n) is 4.60. The van der Waals surface area contributed by atoms with Gasteiger partial charge in [-0.15, -0.1) is 21.5 Å². The largest absolute Gasteiger partial charge is 0.360 e. The second-order valence-corrected chi connectivity index (χ2v) is 9.99. The van der Waals surface area contributed by atoms with Crippen LogP contribution in [0.3, 0.4) is 0 Å². The molecule has 0 bridgehead atoms. The Bertz CT molecular complexity index is 933. The summed E-state index contributed by atoms with van der Waals surface area (Å²) in [6, 6.07) is 10.1. The zero-order chi connectivity index (χ0) is 20.1. The maximum atomic E-state index is 13.2. The van der Waals surface area contributed by atoms with E-state index in [1.165, 1.54) is 46.5 Å². The SMILES string of the molecule is CCNc1nnc(SCC(=O)N(Cc2ccccc2)c2nc3c(s2)CCCC3)s1. The highest BCUT2D eigenvalue weighted by Crippen LogP contribution is 2.33. The van der Waals surface area contributed by atoms with Crippen molar-refractivity contribution in [2.45, 2.75) is 43.5 Å². The van der Waals surface area contributed by atoms with Gasteiger partial charge < -0.3 is 5.32 Å². The number of thioether (sulfide) groups is 1. The normalized spacial score (nSPS) is 13.1. The minimum absolute atomic E-state index is 0.0464. The number of carbonyl (C=O) groups is 1. The molecule has 0 saturated carbocycles. The number of anilines is 2. The van der Waals surface area contributed by atoms with Gasteiger partial charge in [-0.3, -0.25) is 9.69 Å². The fourth-order valence-electron chi connectivity index (χ4n) is 3.17. The first kappa shape index (κ1) is 20.3. The van der Waals surface area contributed by atoms with Crippen LogP contribution in [-0.4, -0.2) is 33.4 Å². The maximum absolute atomic E-state index is 13.2. The van der Waals surface area contributed by atoms with Crippen LogP contribution in [-0.2, 0) is 24.2 Å². The molecule has 0 fully saturated rings. The Labute approximate surface area is 182 Å². The van der Waals surface area contributed by atoms with Gasteiger partial charge in [0.25, 0.3) is 0 Å². The zero-order valence-corrected chi connectivity index (χ0v) is 18.7. The molecule has 1 amide bonds. The number of benzene rings is 1. The second kappa shape index (κ2) is 9.69. The summed E-state index contributed by atoms with van der Waals surface area (Å²) in [5, 5.41) is 13.0. The van der Waals surface area contributed by atoms with Crippen LogP contribution in [0, 0.1) is 0 Å². The minimum Gasteiger partial charge on any atom is -0.360 e. The lowest BCUT2D eigenvalue weighted by molar-refractivity contribution is -0.116. The van der Waals surface area contributed by atoms with Crippen molar-refractivity contribution in [2.75, 3.05) is 22.5 Å². The van der Waals surface area contributed by atoms with Crippen LogP contribution in [0.5, 0.6) is 0 Å². The van der Waals surface area contributed by atoms with E-state index in [9.17, 15) is 4.79 Å². The molecular weight excluding hydrogens is 422 g/mol. The summed E-state index contributed by atoms with van der Waals surface area (Å²) in [4.78, 5) is 21.2. The maximum Gasteiger partial charge on any atom is 0.239 e. The fourth-order valence-corrected chi connectivity index (χ4v) is 6.03. The average Bonchev–Trinajstić information content (AvgIpc) is 3.38. The zero-order valence-electron chi connectivity index (χ0n) is 16.3. The van der Waals surface area contributed by atoms with E-state index in [0.29, 0.717) is 12.3 Å². The van der Waals surface area contributed by atoms with Gasteiger partial charge >= 0.3 is 0 Å². The van der Waals surface area contributed by atoms with Gasteiger partial charge in [0.15, 0.2) is 9.47 Å². The lowest BCUT2D eigenvalue weighted by atomic mass is 10.0. The Morgan fingerprint density at radius 1 is 1.17 bits per heavy atom. The van der Waals surface area contributed by atoms with Gasteiger partial charge in [0.05, 0.1) is 18.0 Å². The molecule has 0 spiro atoms. The van der Waals surface area contributed by atoms with Crippen LogP contribution in [0.25, 0.3) is 0 Å². The Balaban J connectivity index is 1.50. The van der Waals surface area contributed by atoms with E-state index in [0.717, 1.165) is 39.6 Å². The number of nitrogens with one attached hydrogen (secondary N) is 1. The van der Waals surface area contributed by atoms with Crippen LogP contribution in [0.4, 0.5) is 10.3 Å². The number of carbonyl (C=O) groups excluding carboxylic acids is 1. The number of amides is 1. The molecule has 2 heterocycles. The first-order valence-electron chi connectivity index (χ1n) is 9.76. The molecule has 0 atom stereocenters. The number of aryl methyl sites for hydroxylation is 2. The number of aromatic nitrogens is 3. The summed E-state index contributed by atoms with van der Waals surface area (Å²) in [6.45, 7) is 3.36. The molecule has 152 valence electrons. The summed E-state index contributed by atoms with van der Waals surface area (Å²) in [7, 11) is 0. The monoisotopic (exact) mass is 445 g/mol. The molecule has 29 heavy (non-hydrogen) atoms. The molecule has 3 aromatic rings. The molecule has 9 heteroatoms. The molecule has 0 saturated heterocycles. The van der Waals surface area contributed by atoms with Crippen molar-refractivity contribution in [1.29, 1.82) is 0 Å². The molecule has 2 aromatic heterocycles. The first-order chi connectivity index (χ1) is 14.2. The van der Waals surface area contributed by atoms with Crippen molar-refractivity contribution < 1.29 is 4.79 Å². The van der Waals surface area contributed by atoms with Crippen molar-refractivity contribution in [3.63, 3.8) is 0 Å². The predicted octanol–water partition coefficient (Wildman–Crippen LogP) is 4.63. The van der Waals surface area contributed by atoms with Crippen LogP contribution in [0.15, 0.2) is 34.7 Å². The lowest BCUT2D eigenvalue weighted by Crippen LogP contribution is -2.31. The fraction of sp³-hybridized carbons (Fsp3) is 0.400. The van der Waals surface area contributed by atoms with Gasteiger partial charge in [0.1, 0.15) is 0 Å².